The van der Waals surface area contributed by atoms with Gasteiger partial charge in [-0.05, 0) is 30.9 Å². The number of hydrogen-bond acceptors (Lipinski definition) is 4. The van der Waals surface area contributed by atoms with E-state index in [4.69, 9.17) is 9.84 Å². The monoisotopic (exact) mass is 345 g/mol. The van der Waals surface area contributed by atoms with Crippen LogP contribution in [-0.2, 0) is 4.79 Å². The average Bonchev–Trinajstić information content (AvgIpc) is 3.22. The van der Waals surface area contributed by atoms with Gasteiger partial charge in [0.05, 0.1) is 13.0 Å². The molecular formula is C18H19NO4S. The Balaban J connectivity index is 1.75. The molecule has 6 heteroatoms. The van der Waals surface area contributed by atoms with E-state index in [1.54, 1.807) is 7.11 Å². The predicted molar refractivity (Wildman–Crippen MR) is 92.5 cm³/mol. The van der Waals surface area contributed by atoms with Crippen molar-refractivity contribution >= 4 is 23.2 Å². The van der Waals surface area contributed by atoms with Gasteiger partial charge in [-0.2, -0.15) is 0 Å². The zero-order valence-electron chi connectivity index (χ0n) is 13.3. The Kier molecular flexibility index (Phi) is 4.85. The van der Waals surface area contributed by atoms with Crippen LogP contribution >= 0.6 is 11.3 Å². The van der Waals surface area contributed by atoms with Crippen molar-refractivity contribution in [2.45, 2.75) is 25.3 Å². The number of benzene rings is 1. The summed E-state index contributed by atoms with van der Waals surface area (Å²) in [6.45, 7) is 0. The van der Waals surface area contributed by atoms with E-state index in [1.807, 2.05) is 36.4 Å². The number of amides is 1. The largest absolute Gasteiger partial charge is 0.495 e. The first kappa shape index (κ1) is 16.5. The minimum Gasteiger partial charge on any atom is -0.495 e. The topological polar surface area (TPSA) is 75.6 Å². The van der Waals surface area contributed by atoms with Crippen molar-refractivity contribution in [3.05, 3.63) is 41.3 Å². The Morgan fingerprint density at radius 3 is 2.62 bits per heavy atom. The molecular weight excluding hydrogens is 326 g/mol. The van der Waals surface area contributed by atoms with Crippen LogP contribution in [0, 0.1) is 5.92 Å². The minimum absolute atomic E-state index is 0.0921. The van der Waals surface area contributed by atoms with Crippen LogP contribution in [-0.4, -0.2) is 30.1 Å². The van der Waals surface area contributed by atoms with Gasteiger partial charge in [-0.1, -0.05) is 30.3 Å². The van der Waals surface area contributed by atoms with E-state index in [-0.39, 0.29) is 17.9 Å². The summed E-state index contributed by atoms with van der Waals surface area (Å²) in [5.41, 5.74) is 1.03. The van der Waals surface area contributed by atoms with Crippen molar-refractivity contribution in [2.24, 2.45) is 5.92 Å². The lowest BCUT2D eigenvalue weighted by atomic mass is 10.1. The van der Waals surface area contributed by atoms with E-state index in [1.165, 1.54) is 11.3 Å². The number of ether oxygens (including phenoxy) is 1. The number of rotatable bonds is 5. The number of hydrogen-bond donors (Lipinski definition) is 2. The summed E-state index contributed by atoms with van der Waals surface area (Å²) >= 11 is 1.38. The Hall–Kier alpha value is -2.34. The fraction of sp³-hybridized carbons (Fsp3) is 0.333. The smallest absolute Gasteiger partial charge is 0.306 e. The highest BCUT2D eigenvalue weighted by Crippen LogP contribution is 2.36. The molecule has 24 heavy (non-hydrogen) atoms. The van der Waals surface area contributed by atoms with Gasteiger partial charge in [-0.3, -0.25) is 9.59 Å². The molecule has 0 bridgehead atoms. The maximum atomic E-state index is 12.6. The maximum Gasteiger partial charge on any atom is 0.306 e. The average molecular weight is 345 g/mol. The van der Waals surface area contributed by atoms with E-state index in [0.29, 0.717) is 29.9 Å². The molecule has 1 amide bonds. The molecule has 2 atom stereocenters. The maximum absolute atomic E-state index is 12.6. The van der Waals surface area contributed by atoms with Gasteiger partial charge in [0, 0.05) is 10.9 Å². The fourth-order valence-electron chi connectivity index (χ4n) is 3.02. The number of carbonyl (C=O) groups excluding carboxylic acids is 1. The Morgan fingerprint density at radius 1 is 1.25 bits per heavy atom. The molecule has 126 valence electrons. The SMILES string of the molecule is COc1cc(-c2ccccc2)sc1C(=O)N[C@H]1CC[C@@H](C(=O)O)C1. The summed E-state index contributed by atoms with van der Waals surface area (Å²) in [7, 11) is 1.55. The quantitative estimate of drug-likeness (QED) is 0.871. The van der Waals surface area contributed by atoms with Crippen molar-refractivity contribution in [1.82, 2.24) is 5.32 Å². The lowest BCUT2D eigenvalue weighted by Gasteiger charge is -2.12. The summed E-state index contributed by atoms with van der Waals surface area (Å²) in [6, 6.07) is 11.6. The predicted octanol–water partition coefficient (Wildman–Crippen LogP) is 3.41. The van der Waals surface area contributed by atoms with Crippen LogP contribution in [0.3, 0.4) is 0 Å². The van der Waals surface area contributed by atoms with E-state index < -0.39 is 5.97 Å². The molecule has 0 aliphatic heterocycles. The highest BCUT2D eigenvalue weighted by atomic mass is 32.1. The minimum atomic E-state index is -0.785. The molecule has 1 aliphatic carbocycles. The number of nitrogens with one attached hydrogen (secondary N) is 1. The molecule has 3 rings (SSSR count). The van der Waals surface area contributed by atoms with Crippen LogP contribution in [0.25, 0.3) is 10.4 Å². The molecule has 1 aromatic heterocycles. The summed E-state index contributed by atoms with van der Waals surface area (Å²) < 4.78 is 5.35. The second-order valence-electron chi connectivity index (χ2n) is 5.89. The van der Waals surface area contributed by atoms with Crippen molar-refractivity contribution < 1.29 is 19.4 Å². The Bertz CT molecular complexity index is 741. The van der Waals surface area contributed by atoms with Crippen LogP contribution in [0.5, 0.6) is 5.75 Å². The number of thiophene rings is 1. The first-order valence-corrected chi connectivity index (χ1v) is 8.67. The van der Waals surface area contributed by atoms with Gasteiger partial charge in [-0.15, -0.1) is 11.3 Å². The molecule has 2 N–H and O–H groups in total. The van der Waals surface area contributed by atoms with Crippen LogP contribution in [0.4, 0.5) is 0 Å². The molecule has 1 fully saturated rings. The van der Waals surface area contributed by atoms with Crippen molar-refractivity contribution in [2.75, 3.05) is 7.11 Å². The number of aliphatic carboxylic acids is 1. The number of carboxylic acid groups (broad SMARTS) is 1. The Morgan fingerprint density at radius 2 is 2.00 bits per heavy atom. The van der Waals surface area contributed by atoms with E-state index in [2.05, 4.69) is 5.32 Å². The number of methoxy groups -OCH3 is 1. The Labute approximate surface area is 144 Å². The summed E-state index contributed by atoms with van der Waals surface area (Å²) in [5, 5.41) is 12.0. The summed E-state index contributed by atoms with van der Waals surface area (Å²) in [5.74, 6) is -0.800. The van der Waals surface area contributed by atoms with Gasteiger partial charge in [0.1, 0.15) is 10.6 Å². The normalized spacial score (nSPS) is 19.9. The van der Waals surface area contributed by atoms with Gasteiger partial charge in [-0.25, -0.2) is 0 Å². The molecule has 2 aromatic rings. The van der Waals surface area contributed by atoms with E-state index in [9.17, 15) is 9.59 Å². The molecule has 1 saturated carbocycles. The van der Waals surface area contributed by atoms with Crippen LogP contribution in [0.1, 0.15) is 28.9 Å². The zero-order valence-corrected chi connectivity index (χ0v) is 14.1. The fourth-order valence-corrected chi connectivity index (χ4v) is 4.05. The molecule has 0 saturated heterocycles. The molecule has 5 nitrogen and oxygen atoms in total. The van der Waals surface area contributed by atoms with Gasteiger partial charge < -0.3 is 15.2 Å². The first-order chi connectivity index (χ1) is 11.6. The van der Waals surface area contributed by atoms with Gasteiger partial charge >= 0.3 is 5.97 Å². The molecule has 1 heterocycles. The molecule has 1 aromatic carbocycles. The van der Waals surface area contributed by atoms with Crippen molar-refractivity contribution in [1.29, 1.82) is 0 Å². The van der Waals surface area contributed by atoms with Gasteiger partial charge in [0.25, 0.3) is 5.91 Å². The summed E-state index contributed by atoms with van der Waals surface area (Å²) in [6.07, 6.45) is 1.79. The summed E-state index contributed by atoms with van der Waals surface area (Å²) in [4.78, 5) is 25.1. The van der Waals surface area contributed by atoms with Crippen LogP contribution in [0.2, 0.25) is 0 Å². The zero-order chi connectivity index (χ0) is 17.1. The molecule has 1 aliphatic rings. The van der Waals surface area contributed by atoms with E-state index >= 15 is 0 Å². The second kappa shape index (κ2) is 7.05. The van der Waals surface area contributed by atoms with Crippen LogP contribution < -0.4 is 10.1 Å². The third-order valence-corrected chi connectivity index (χ3v) is 5.46. The number of carbonyl (C=O) groups is 2. The number of carboxylic acids is 1. The van der Waals surface area contributed by atoms with Crippen LogP contribution in [0.15, 0.2) is 36.4 Å². The third kappa shape index (κ3) is 3.43. The highest BCUT2D eigenvalue weighted by molar-refractivity contribution is 7.17. The van der Waals surface area contributed by atoms with E-state index in [0.717, 1.165) is 10.4 Å². The lowest BCUT2D eigenvalue weighted by molar-refractivity contribution is -0.141. The van der Waals surface area contributed by atoms with Crippen molar-refractivity contribution in [3.63, 3.8) is 0 Å². The van der Waals surface area contributed by atoms with Crippen molar-refractivity contribution in [3.8, 4) is 16.2 Å². The van der Waals surface area contributed by atoms with Gasteiger partial charge in [0.15, 0.2) is 0 Å². The lowest BCUT2D eigenvalue weighted by Crippen LogP contribution is -2.33. The van der Waals surface area contributed by atoms with Gasteiger partial charge in [0.2, 0.25) is 0 Å². The highest BCUT2D eigenvalue weighted by Gasteiger charge is 2.31. The first-order valence-electron chi connectivity index (χ1n) is 7.85. The molecule has 0 spiro atoms. The second-order valence-corrected chi connectivity index (χ2v) is 6.94. The molecule has 0 unspecified atom stereocenters. The molecule has 0 radical (unpaired) electrons. The third-order valence-electron chi connectivity index (χ3n) is 4.30. The standard InChI is InChI=1S/C18H19NO4S/c1-23-14-10-15(11-5-3-2-4-6-11)24-16(14)17(20)19-13-8-7-12(9-13)18(21)22/h2-6,10,12-13H,7-9H2,1H3,(H,19,20)(H,21,22)/t12-,13+/m1/s1.